The monoisotopic (exact) mass is 791 g/mol. The van der Waals surface area contributed by atoms with Gasteiger partial charge < -0.3 is 9.13 Å². The quantitative estimate of drug-likeness (QED) is 0.162. The first-order valence-corrected chi connectivity index (χ1v) is 20.9. The molecule has 0 radical (unpaired) electrons. The average molecular weight is 792 g/mol. The fourth-order valence-electron chi connectivity index (χ4n) is 9.09. The Balaban J connectivity index is 1.12. The summed E-state index contributed by atoms with van der Waals surface area (Å²) in [7, 11) is 0. The molecule has 0 fully saturated rings. The largest absolute Gasteiger partial charge is 0.309 e. The zero-order valence-corrected chi connectivity index (χ0v) is 33.6. The summed E-state index contributed by atoms with van der Waals surface area (Å²) >= 11 is 0. The van der Waals surface area contributed by atoms with E-state index in [1.54, 1.807) is 0 Å². The molecule has 0 saturated carbocycles. The van der Waals surface area contributed by atoms with E-state index in [1.807, 2.05) is 36.4 Å². The Morgan fingerprint density at radius 1 is 0.242 bits per heavy atom. The molecule has 62 heavy (non-hydrogen) atoms. The van der Waals surface area contributed by atoms with Crippen molar-refractivity contribution in [3.05, 3.63) is 224 Å². The molecular weight excluding hydrogens is 755 g/mol. The van der Waals surface area contributed by atoms with Crippen molar-refractivity contribution in [2.75, 3.05) is 0 Å². The van der Waals surface area contributed by atoms with Gasteiger partial charge in [0.25, 0.3) is 0 Å². The Labute approximate surface area is 358 Å². The number of rotatable bonds is 7. The van der Waals surface area contributed by atoms with Gasteiger partial charge in [-0.25, -0.2) is 15.0 Å². The lowest BCUT2D eigenvalue weighted by molar-refractivity contribution is 1.07. The van der Waals surface area contributed by atoms with Gasteiger partial charge in [0, 0.05) is 49.6 Å². The van der Waals surface area contributed by atoms with Crippen LogP contribution in [0.4, 0.5) is 0 Å². The van der Waals surface area contributed by atoms with E-state index in [0.29, 0.717) is 17.5 Å². The summed E-state index contributed by atoms with van der Waals surface area (Å²) < 4.78 is 4.74. The molecule has 0 N–H and O–H groups in total. The molecule has 0 aliphatic rings. The molecule has 5 nitrogen and oxygen atoms in total. The zero-order valence-electron chi connectivity index (χ0n) is 33.6. The second-order valence-corrected chi connectivity index (χ2v) is 15.6. The number of para-hydroxylation sites is 4. The molecule has 0 aliphatic heterocycles. The fourth-order valence-corrected chi connectivity index (χ4v) is 9.09. The van der Waals surface area contributed by atoms with Gasteiger partial charge in [-0.3, -0.25) is 0 Å². The molecule has 12 rings (SSSR count). The molecular formula is C57H37N5. The maximum absolute atomic E-state index is 5.28. The van der Waals surface area contributed by atoms with Crippen LogP contribution in [0.25, 0.3) is 111 Å². The van der Waals surface area contributed by atoms with Gasteiger partial charge in [0.2, 0.25) is 0 Å². The maximum atomic E-state index is 5.28. The highest BCUT2D eigenvalue weighted by atomic mass is 15.0. The molecule has 5 heteroatoms. The normalized spacial score (nSPS) is 11.5. The second-order valence-electron chi connectivity index (χ2n) is 15.6. The Morgan fingerprint density at radius 3 is 1.16 bits per heavy atom. The third-order valence-electron chi connectivity index (χ3n) is 12.0. The minimum absolute atomic E-state index is 0.609. The van der Waals surface area contributed by atoms with Crippen molar-refractivity contribution < 1.29 is 0 Å². The molecule has 3 aromatic heterocycles. The first-order chi connectivity index (χ1) is 30.7. The van der Waals surface area contributed by atoms with Crippen molar-refractivity contribution in [1.29, 1.82) is 0 Å². The van der Waals surface area contributed by atoms with Crippen LogP contribution in [0.15, 0.2) is 224 Å². The SMILES string of the molecule is c1ccc(-c2nc(-c3ccccc3)nc(-c3cc(-c4ccc5c6ccccc6n(-c6ccccc6)c5c4)ccc3-c3ccc4c5ccccc5n(-c5ccccc5)c4c3)n2)cc1. The maximum Gasteiger partial charge on any atom is 0.164 e. The molecule has 3 heterocycles. The van der Waals surface area contributed by atoms with Gasteiger partial charge in [-0.05, 0) is 76.9 Å². The van der Waals surface area contributed by atoms with E-state index >= 15 is 0 Å². The van der Waals surface area contributed by atoms with Crippen LogP contribution in [-0.4, -0.2) is 24.1 Å². The number of benzene rings is 9. The van der Waals surface area contributed by atoms with E-state index in [1.165, 1.54) is 32.6 Å². The Kier molecular flexibility index (Phi) is 8.42. The highest BCUT2D eigenvalue weighted by molar-refractivity contribution is 6.11. The van der Waals surface area contributed by atoms with Crippen LogP contribution in [0, 0.1) is 0 Å². The standard InChI is InChI=1S/C57H37N5/c1-5-17-38(18-6-1)55-58-56(39-19-7-2-8-20-39)60-57(59-55)50-35-40(41-30-33-48-46-25-13-15-27-51(46)61(53(48)36-41)43-21-9-3-10-22-43)29-32-45(50)42-31-34-49-47-26-14-16-28-52(47)62(54(49)37-42)44-23-11-4-12-24-44/h1-37H. The van der Waals surface area contributed by atoms with Crippen molar-refractivity contribution in [1.82, 2.24) is 24.1 Å². The van der Waals surface area contributed by atoms with Crippen LogP contribution in [-0.2, 0) is 0 Å². The van der Waals surface area contributed by atoms with Crippen molar-refractivity contribution in [2.24, 2.45) is 0 Å². The van der Waals surface area contributed by atoms with E-state index in [9.17, 15) is 0 Å². The van der Waals surface area contributed by atoms with Crippen molar-refractivity contribution in [3.8, 4) is 67.8 Å². The number of aromatic nitrogens is 5. The van der Waals surface area contributed by atoms with Gasteiger partial charge in [0.15, 0.2) is 17.5 Å². The summed E-state index contributed by atoms with van der Waals surface area (Å²) in [6.07, 6.45) is 0. The summed E-state index contributed by atoms with van der Waals surface area (Å²) in [6, 6.07) is 79.3. The number of hydrogen-bond acceptors (Lipinski definition) is 3. The van der Waals surface area contributed by atoms with Gasteiger partial charge in [0.1, 0.15) is 0 Å². The first kappa shape index (κ1) is 35.5. The molecule has 0 saturated heterocycles. The first-order valence-electron chi connectivity index (χ1n) is 20.9. The van der Waals surface area contributed by atoms with Crippen molar-refractivity contribution in [2.45, 2.75) is 0 Å². The fraction of sp³-hybridized carbons (Fsp3) is 0. The number of fused-ring (bicyclic) bond motifs is 6. The molecule has 12 aromatic rings. The third kappa shape index (κ3) is 5.98. The lowest BCUT2D eigenvalue weighted by atomic mass is 9.93. The number of nitrogens with zero attached hydrogens (tertiary/aromatic N) is 5. The van der Waals surface area contributed by atoms with E-state index in [4.69, 9.17) is 15.0 Å². The lowest BCUT2D eigenvalue weighted by Gasteiger charge is -2.15. The molecule has 0 aliphatic carbocycles. The average Bonchev–Trinajstić information content (AvgIpc) is 3.87. The molecule has 0 unspecified atom stereocenters. The van der Waals surface area contributed by atoms with Crippen molar-refractivity contribution >= 4 is 43.6 Å². The predicted molar refractivity (Wildman–Crippen MR) is 256 cm³/mol. The summed E-state index contributed by atoms with van der Waals surface area (Å²) in [5.74, 6) is 1.86. The van der Waals surface area contributed by atoms with E-state index < -0.39 is 0 Å². The minimum atomic E-state index is 0.609. The topological polar surface area (TPSA) is 48.5 Å². The summed E-state index contributed by atoms with van der Waals surface area (Å²) in [5, 5.41) is 4.86. The van der Waals surface area contributed by atoms with E-state index in [0.717, 1.165) is 61.4 Å². The summed E-state index contributed by atoms with van der Waals surface area (Å²) in [6.45, 7) is 0. The molecule has 0 atom stereocenters. The minimum Gasteiger partial charge on any atom is -0.309 e. The van der Waals surface area contributed by atoms with Gasteiger partial charge in [0.05, 0.1) is 22.1 Å². The van der Waals surface area contributed by atoms with E-state index in [-0.39, 0.29) is 0 Å². The molecule has 9 aromatic carbocycles. The van der Waals surface area contributed by atoms with E-state index in [2.05, 4.69) is 197 Å². The van der Waals surface area contributed by atoms with Gasteiger partial charge in [-0.2, -0.15) is 0 Å². The smallest absolute Gasteiger partial charge is 0.164 e. The lowest BCUT2D eigenvalue weighted by Crippen LogP contribution is -2.01. The highest BCUT2D eigenvalue weighted by Gasteiger charge is 2.20. The zero-order chi connectivity index (χ0) is 41.0. The Morgan fingerprint density at radius 2 is 0.629 bits per heavy atom. The van der Waals surface area contributed by atoms with Crippen LogP contribution < -0.4 is 0 Å². The van der Waals surface area contributed by atoms with Gasteiger partial charge in [-0.1, -0.05) is 170 Å². The van der Waals surface area contributed by atoms with Crippen LogP contribution in [0.2, 0.25) is 0 Å². The predicted octanol–water partition coefficient (Wildman–Crippen LogP) is 14.4. The van der Waals surface area contributed by atoms with Crippen LogP contribution in [0.5, 0.6) is 0 Å². The van der Waals surface area contributed by atoms with Crippen molar-refractivity contribution in [3.63, 3.8) is 0 Å². The molecule has 0 spiro atoms. The molecule has 0 amide bonds. The van der Waals surface area contributed by atoms with Gasteiger partial charge in [-0.15, -0.1) is 0 Å². The highest BCUT2D eigenvalue weighted by Crippen LogP contribution is 2.41. The van der Waals surface area contributed by atoms with Crippen LogP contribution in [0.1, 0.15) is 0 Å². The second kappa shape index (κ2) is 14.7. The molecule has 0 bridgehead atoms. The Bertz CT molecular complexity index is 3550. The van der Waals surface area contributed by atoms with Gasteiger partial charge >= 0.3 is 0 Å². The molecule has 290 valence electrons. The van der Waals surface area contributed by atoms with Crippen LogP contribution >= 0.6 is 0 Å². The van der Waals surface area contributed by atoms with Crippen LogP contribution in [0.3, 0.4) is 0 Å². The summed E-state index contributed by atoms with van der Waals surface area (Å²) in [5.41, 5.74) is 13.9. The summed E-state index contributed by atoms with van der Waals surface area (Å²) in [4.78, 5) is 15.6. The third-order valence-corrected chi connectivity index (χ3v) is 12.0. The number of hydrogen-bond donors (Lipinski definition) is 0. The Hall–Kier alpha value is -8.41.